The molecule has 0 N–H and O–H groups in total. The lowest BCUT2D eigenvalue weighted by atomic mass is 10.1. The fraction of sp³-hybridized carbons (Fsp3) is 0.278. The highest BCUT2D eigenvalue weighted by molar-refractivity contribution is 6.32. The van der Waals surface area contributed by atoms with Crippen molar-refractivity contribution in [1.29, 1.82) is 0 Å². The lowest BCUT2D eigenvalue weighted by Crippen LogP contribution is -2.39. The van der Waals surface area contributed by atoms with Crippen molar-refractivity contribution in [3.8, 4) is 0 Å². The van der Waals surface area contributed by atoms with Gasteiger partial charge >= 0.3 is 11.9 Å². The molecule has 0 aliphatic heterocycles. The highest BCUT2D eigenvalue weighted by Gasteiger charge is 2.30. The summed E-state index contributed by atoms with van der Waals surface area (Å²) in [5, 5.41) is 7.98. The van der Waals surface area contributed by atoms with Crippen LogP contribution in [0.1, 0.15) is 24.2 Å². The summed E-state index contributed by atoms with van der Waals surface area (Å²) in [4.78, 5) is 29.6. The van der Waals surface area contributed by atoms with Crippen molar-refractivity contribution in [2.75, 3.05) is 7.11 Å². The Morgan fingerprint density at radius 2 is 2.11 bits per heavy atom. The minimum absolute atomic E-state index is 0.0532. The number of amides is 1. The first-order valence-electron chi connectivity index (χ1n) is 8.20. The van der Waals surface area contributed by atoms with Crippen LogP contribution in [0.2, 0.25) is 0 Å². The van der Waals surface area contributed by atoms with Crippen LogP contribution in [0, 0.1) is 5.82 Å². The summed E-state index contributed by atoms with van der Waals surface area (Å²) in [6.45, 7) is 1.66. The van der Waals surface area contributed by atoms with Crippen molar-refractivity contribution in [3.05, 3.63) is 53.6 Å². The first kappa shape index (κ1) is 18.4. The van der Waals surface area contributed by atoms with Crippen molar-refractivity contribution in [2.45, 2.75) is 19.5 Å². The Morgan fingerprint density at radius 1 is 1.33 bits per heavy atom. The van der Waals surface area contributed by atoms with E-state index in [2.05, 4.69) is 20.0 Å². The minimum atomic E-state index is -1.03. The number of pyridine rings is 1. The number of hydrogen-bond acceptors (Lipinski definition) is 6. The van der Waals surface area contributed by atoms with Crippen LogP contribution in [-0.4, -0.2) is 43.9 Å². The normalized spacial score (nSPS) is 12.0. The average molecular weight is 371 g/mol. The van der Waals surface area contributed by atoms with Gasteiger partial charge in [0.05, 0.1) is 24.4 Å². The topological polar surface area (TPSA) is 90.2 Å². The Kier molecular flexibility index (Phi) is 5.11. The number of aryl methyl sites for hydroxylation is 1. The maximum absolute atomic E-state index is 14.2. The molecule has 0 spiro atoms. The van der Waals surface area contributed by atoms with E-state index in [0.29, 0.717) is 11.1 Å². The number of benzene rings is 1. The number of esters is 1. The molecule has 0 bridgehead atoms. The molecule has 0 fully saturated rings. The molecule has 8 nitrogen and oxygen atoms in total. The van der Waals surface area contributed by atoms with E-state index < -0.39 is 23.7 Å². The molecular weight excluding hydrogens is 353 g/mol. The van der Waals surface area contributed by atoms with Gasteiger partial charge in [-0.15, -0.1) is 5.10 Å². The van der Waals surface area contributed by atoms with Crippen LogP contribution in [0.4, 0.5) is 4.39 Å². The van der Waals surface area contributed by atoms with Gasteiger partial charge in [-0.1, -0.05) is 11.3 Å². The van der Waals surface area contributed by atoms with Gasteiger partial charge in [0.25, 0.3) is 0 Å². The Balaban J connectivity index is 1.97. The number of aromatic nitrogens is 4. The molecule has 1 atom stereocenters. The Morgan fingerprint density at radius 3 is 2.81 bits per heavy atom. The molecule has 0 radical (unpaired) electrons. The van der Waals surface area contributed by atoms with E-state index in [9.17, 15) is 14.0 Å². The van der Waals surface area contributed by atoms with Crippen LogP contribution >= 0.6 is 0 Å². The molecule has 3 rings (SSSR count). The molecule has 0 aliphatic carbocycles. The van der Waals surface area contributed by atoms with Gasteiger partial charge in [-0.05, 0) is 36.8 Å². The zero-order valence-electron chi connectivity index (χ0n) is 15.1. The summed E-state index contributed by atoms with van der Waals surface area (Å²) in [6.07, 6.45) is 1.43. The SMILES string of the molecule is COC(=O)C(=O)N(Cc1ccc2c(c1)nnn2C)C(C)c1ncccc1F. The predicted octanol–water partition coefficient (Wildman–Crippen LogP) is 1.77. The number of methoxy groups -OCH3 is 1. The van der Waals surface area contributed by atoms with Crippen LogP contribution < -0.4 is 0 Å². The number of ether oxygens (including phenoxy) is 1. The van der Waals surface area contributed by atoms with Crippen molar-refractivity contribution in [2.24, 2.45) is 7.05 Å². The van der Waals surface area contributed by atoms with Crippen LogP contribution in [0.5, 0.6) is 0 Å². The zero-order chi connectivity index (χ0) is 19.6. The summed E-state index contributed by atoms with van der Waals surface area (Å²) < 4.78 is 20.3. The minimum Gasteiger partial charge on any atom is -0.462 e. The first-order chi connectivity index (χ1) is 12.9. The molecule has 3 aromatic rings. The largest absolute Gasteiger partial charge is 0.462 e. The highest BCUT2D eigenvalue weighted by atomic mass is 19.1. The maximum atomic E-state index is 14.2. The first-order valence-corrected chi connectivity index (χ1v) is 8.20. The van der Waals surface area contributed by atoms with E-state index in [4.69, 9.17) is 0 Å². The Hall–Kier alpha value is -3.36. The van der Waals surface area contributed by atoms with E-state index >= 15 is 0 Å². The van der Waals surface area contributed by atoms with E-state index in [0.717, 1.165) is 12.6 Å². The molecule has 27 heavy (non-hydrogen) atoms. The summed E-state index contributed by atoms with van der Waals surface area (Å²) >= 11 is 0. The van der Waals surface area contributed by atoms with Gasteiger partial charge < -0.3 is 9.64 Å². The third-order valence-corrected chi connectivity index (χ3v) is 4.30. The second kappa shape index (κ2) is 7.48. The zero-order valence-corrected chi connectivity index (χ0v) is 15.1. The number of carbonyl (C=O) groups excluding carboxylic acids is 2. The molecule has 0 saturated heterocycles. The number of rotatable bonds is 4. The summed E-state index contributed by atoms with van der Waals surface area (Å²) in [6, 6.07) is 7.31. The quantitative estimate of drug-likeness (QED) is 0.513. The molecule has 1 amide bonds. The lowest BCUT2D eigenvalue weighted by molar-refractivity contribution is -0.159. The van der Waals surface area contributed by atoms with Crippen LogP contribution in [-0.2, 0) is 27.9 Å². The number of nitrogens with zero attached hydrogens (tertiary/aromatic N) is 5. The van der Waals surface area contributed by atoms with E-state index in [1.807, 2.05) is 6.07 Å². The maximum Gasteiger partial charge on any atom is 0.396 e. The van der Waals surface area contributed by atoms with E-state index in [1.54, 1.807) is 30.8 Å². The standard InChI is InChI=1S/C18H18FN5O3/c1-11(16-13(19)5-4-8-20-16)24(17(25)18(26)27-3)10-12-6-7-15-14(9-12)21-22-23(15)2/h4-9,11H,10H2,1-3H3. The fourth-order valence-electron chi connectivity index (χ4n) is 2.82. The van der Waals surface area contributed by atoms with Gasteiger partial charge in [-0.2, -0.15) is 0 Å². The fourth-order valence-corrected chi connectivity index (χ4v) is 2.82. The molecule has 140 valence electrons. The van der Waals surface area contributed by atoms with Gasteiger partial charge in [0.2, 0.25) is 0 Å². The monoisotopic (exact) mass is 371 g/mol. The van der Waals surface area contributed by atoms with Crippen molar-refractivity contribution in [1.82, 2.24) is 24.9 Å². The van der Waals surface area contributed by atoms with Gasteiger partial charge in [0.1, 0.15) is 11.3 Å². The average Bonchev–Trinajstić information content (AvgIpc) is 3.05. The second-order valence-electron chi connectivity index (χ2n) is 6.01. The van der Waals surface area contributed by atoms with Gasteiger partial charge in [0.15, 0.2) is 0 Å². The lowest BCUT2D eigenvalue weighted by Gasteiger charge is -2.28. The van der Waals surface area contributed by atoms with Gasteiger partial charge in [-0.25, -0.2) is 13.9 Å². The third kappa shape index (κ3) is 3.62. The van der Waals surface area contributed by atoms with Gasteiger partial charge in [-0.3, -0.25) is 9.78 Å². The van der Waals surface area contributed by atoms with E-state index in [-0.39, 0.29) is 12.2 Å². The summed E-state index contributed by atoms with van der Waals surface area (Å²) in [5.41, 5.74) is 2.25. The molecule has 2 aromatic heterocycles. The van der Waals surface area contributed by atoms with Gasteiger partial charge in [0, 0.05) is 19.8 Å². The molecule has 1 unspecified atom stereocenters. The van der Waals surface area contributed by atoms with Crippen LogP contribution in [0.3, 0.4) is 0 Å². The molecule has 0 aliphatic rings. The molecule has 1 aromatic carbocycles. The number of carbonyl (C=O) groups is 2. The summed E-state index contributed by atoms with van der Waals surface area (Å²) in [5.74, 6) is -2.47. The molecular formula is C18H18FN5O3. The number of halogens is 1. The predicted molar refractivity (Wildman–Crippen MR) is 93.7 cm³/mol. The van der Waals surface area contributed by atoms with Crippen molar-refractivity contribution >= 4 is 22.9 Å². The Labute approximate surface area is 154 Å². The highest BCUT2D eigenvalue weighted by Crippen LogP contribution is 2.24. The number of fused-ring (bicyclic) bond motifs is 1. The summed E-state index contributed by atoms with van der Waals surface area (Å²) in [7, 11) is 2.89. The molecule has 2 heterocycles. The van der Waals surface area contributed by atoms with Crippen molar-refractivity contribution in [3.63, 3.8) is 0 Å². The smallest absolute Gasteiger partial charge is 0.396 e. The molecule has 0 saturated carbocycles. The van der Waals surface area contributed by atoms with Crippen molar-refractivity contribution < 1.29 is 18.7 Å². The third-order valence-electron chi connectivity index (χ3n) is 4.30. The van der Waals surface area contributed by atoms with E-state index in [1.165, 1.54) is 23.2 Å². The number of hydrogen-bond donors (Lipinski definition) is 0. The van der Waals surface area contributed by atoms with Crippen LogP contribution in [0.15, 0.2) is 36.5 Å². The molecule has 9 heteroatoms. The van der Waals surface area contributed by atoms with Crippen LogP contribution in [0.25, 0.3) is 11.0 Å². The second-order valence-corrected chi connectivity index (χ2v) is 6.01. The Bertz CT molecular complexity index is 1000.